The summed E-state index contributed by atoms with van der Waals surface area (Å²) in [7, 11) is 0. The molecule has 2 unspecified atom stereocenters. The highest BCUT2D eigenvalue weighted by Crippen LogP contribution is 2.55. The van der Waals surface area contributed by atoms with E-state index in [1.54, 1.807) is 27.8 Å². The van der Waals surface area contributed by atoms with Gasteiger partial charge in [-0.1, -0.05) is 13.0 Å². The molecule has 1 aromatic carbocycles. The largest absolute Gasteiger partial charge is 0.0581 e. The van der Waals surface area contributed by atoms with E-state index >= 15 is 0 Å². The van der Waals surface area contributed by atoms with Gasteiger partial charge in [0.25, 0.3) is 0 Å². The van der Waals surface area contributed by atoms with Crippen LogP contribution in [0.4, 0.5) is 0 Å². The van der Waals surface area contributed by atoms with Crippen molar-refractivity contribution in [1.29, 1.82) is 0 Å². The smallest absolute Gasteiger partial charge is 0.00751 e. The second-order valence-electron chi connectivity index (χ2n) is 4.71. The number of rotatable bonds is 0. The molecule has 0 bridgehead atoms. The third kappa shape index (κ3) is 0.405. The minimum Gasteiger partial charge on any atom is -0.0581 e. The molecule has 60 valence electrons. The van der Waals surface area contributed by atoms with Gasteiger partial charge in [-0.3, -0.25) is 0 Å². The zero-order valence-corrected chi connectivity index (χ0v) is 7.35. The highest BCUT2D eigenvalue weighted by atomic mass is 14.5. The highest BCUT2D eigenvalue weighted by molar-refractivity contribution is 5.63. The first kappa shape index (κ1) is 5.80. The van der Waals surface area contributed by atoms with Crippen LogP contribution in [0.25, 0.3) is 0 Å². The lowest BCUT2D eigenvalue weighted by atomic mass is 9.57. The summed E-state index contributed by atoms with van der Waals surface area (Å²) in [5.74, 6) is 1.86. The second-order valence-corrected chi connectivity index (χ2v) is 4.71. The Morgan fingerprint density at radius 2 is 2.08 bits per heavy atom. The van der Waals surface area contributed by atoms with E-state index in [4.69, 9.17) is 0 Å². The van der Waals surface area contributed by atoms with Crippen molar-refractivity contribution in [1.82, 2.24) is 0 Å². The van der Waals surface area contributed by atoms with Crippen LogP contribution in [0.2, 0.25) is 0 Å². The Balaban J connectivity index is 2.08. The van der Waals surface area contributed by atoms with Gasteiger partial charge in [0.05, 0.1) is 0 Å². The molecule has 0 heteroatoms. The molecule has 0 saturated heterocycles. The Bertz CT molecular complexity index is 401. The highest BCUT2D eigenvalue weighted by Gasteiger charge is 2.42. The van der Waals surface area contributed by atoms with Crippen LogP contribution in [0.15, 0.2) is 6.07 Å². The van der Waals surface area contributed by atoms with Crippen molar-refractivity contribution in [2.24, 2.45) is 0 Å². The van der Waals surface area contributed by atoms with Gasteiger partial charge in [-0.15, -0.1) is 0 Å². The van der Waals surface area contributed by atoms with Gasteiger partial charge < -0.3 is 0 Å². The van der Waals surface area contributed by atoms with Crippen molar-refractivity contribution in [3.63, 3.8) is 0 Å². The fraction of sp³-hybridized carbons (Fsp3) is 0.500. The van der Waals surface area contributed by atoms with Crippen LogP contribution >= 0.6 is 0 Å². The molecule has 0 N–H and O–H groups in total. The first-order valence-electron chi connectivity index (χ1n) is 5.02. The van der Waals surface area contributed by atoms with Crippen LogP contribution in [0.3, 0.4) is 0 Å². The van der Waals surface area contributed by atoms with Gasteiger partial charge in [0.15, 0.2) is 0 Å². The van der Waals surface area contributed by atoms with Crippen LogP contribution in [0, 0.1) is 0 Å². The van der Waals surface area contributed by atoms with Gasteiger partial charge in [-0.2, -0.15) is 0 Å². The minimum absolute atomic E-state index is 0.862. The van der Waals surface area contributed by atoms with E-state index in [9.17, 15) is 0 Å². The molecule has 0 aromatic heterocycles. The Labute approximate surface area is 72.6 Å². The molecular weight excluding hydrogens is 144 g/mol. The molecule has 0 nitrogen and oxygen atoms in total. The maximum absolute atomic E-state index is 2.48. The molecule has 4 rings (SSSR count). The van der Waals surface area contributed by atoms with Gasteiger partial charge in [-0.25, -0.2) is 0 Å². The average molecular weight is 156 g/mol. The summed E-state index contributed by atoms with van der Waals surface area (Å²) in [6.45, 7) is 2.36. The number of hydrogen-bond donors (Lipinski definition) is 0. The van der Waals surface area contributed by atoms with Crippen molar-refractivity contribution in [3.05, 3.63) is 33.9 Å². The standard InChI is InChI=1S/C12H12/c1-6-2-10-9(6)4-7-3-8-5-11(10)12(7)8/h4,6,8H,2-3,5H2,1H3. The van der Waals surface area contributed by atoms with E-state index in [0.29, 0.717) is 0 Å². The predicted molar refractivity (Wildman–Crippen MR) is 48.7 cm³/mol. The Morgan fingerprint density at radius 3 is 2.83 bits per heavy atom. The van der Waals surface area contributed by atoms with Crippen LogP contribution in [0.5, 0.6) is 0 Å². The maximum atomic E-state index is 2.48. The van der Waals surface area contributed by atoms with Gasteiger partial charge in [-0.05, 0) is 58.9 Å². The molecule has 3 aliphatic rings. The zero-order chi connectivity index (χ0) is 7.87. The third-order valence-electron chi connectivity index (χ3n) is 4.08. The summed E-state index contributed by atoms with van der Waals surface area (Å²) >= 11 is 0. The summed E-state index contributed by atoms with van der Waals surface area (Å²) in [4.78, 5) is 0. The molecule has 0 fully saturated rings. The summed E-state index contributed by atoms with van der Waals surface area (Å²) in [5.41, 5.74) is 8.63. The molecule has 0 saturated carbocycles. The van der Waals surface area contributed by atoms with E-state index in [0.717, 1.165) is 11.8 Å². The van der Waals surface area contributed by atoms with Crippen LogP contribution in [-0.2, 0) is 19.3 Å². The van der Waals surface area contributed by atoms with Crippen molar-refractivity contribution in [3.8, 4) is 0 Å². The lowest BCUT2D eigenvalue weighted by Crippen LogP contribution is -2.36. The van der Waals surface area contributed by atoms with Crippen LogP contribution in [-0.4, -0.2) is 0 Å². The molecule has 0 amide bonds. The fourth-order valence-corrected chi connectivity index (χ4v) is 3.29. The Morgan fingerprint density at radius 1 is 1.17 bits per heavy atom. The molecule has 0 radical (unpaired) electrons. The monoisotopic (exact) mass is 156 g/mol. The van der Waals surface area contributed by atoms with Crippen molar-refractivity contribution in [2.75, 3.05) is 0 Å². The van der Waals surface area contributed by atoms with E-state index in [-0.39, 0.29) is 0 Å². The van der Waals surface area contributed by atoms with Crippen molar-refractivity contribution >= 4 is 0 Å². The summed E-state index contributed by atoms with van der Waals surface area (Å²) in [6.07, 6.45) is 4.17. The van der Waals surface area contributed by atoms with Crippen molar-refractivity contribution in [2.45, 2.75) is 38.0 Å². The fourth-order valence-electron chi connectivity index (χ4n) is 3.29. The Hall–Kier alpha value is -0.780. The summed E-state index contributed by atoms with van der Waals surface area (Å²) < 4.78 is 0. The minimum atomic E-state index is 0.862. The molecule has 0 spiro atoms. The zero-order valence-electron chi connectivity index (χ0n) is 7.35. The predicted octanol–water partition coefficient (Wildman–Crippen LogP) is 2.54. The first-order valence-corrected chi connectivity index (χ1v) is 5.02. The lowest BCUT2D eigenvalue weighted by Gasteiger charge is -2.47. The van der Waals surface area contributed by atoms with Crippen LogP contribution in [0.1, 0.15) is 46.6 Å². The average Bonchev–Trinajstić information content (AvgIpc) is 1.99. The van der Waals surface area contributed by atoms with Gasteiger partial charge in [0.1, 0.15) is 0 Å². The molecule has 3 aliphatic carbocycles. The van der Waals surface area contributed by atoms with E-state index < -0.39 is 0 Å². The molecule has 0 aliphatic heterocycles. The number of hydrogen-bond acceptors (Lipinski definition) is 0. The summed E-state index contributed by atoms with van der Waals surface area (Å²) in [5, 5.41) is 0. The van der Waals surface area contributed by atoms with Gasteiger partial charge in [0, 0.05) is 0 Å². The molecule has 2 atom stereocenters. The number of benzene rings is 1. The van der Waals surface area contributed by atoms with Crippen LogP contribution < -0.4 is 0 Å². The lowest BCUT2D eigenvalue weighted by molar-refractivity contribution is 0.497. The molecule has 0 heterocycles. The van der Waals surface area contributed by atoms with E-state index in [1.807, 2.05) is 0 Å². The third-order valence-corrected chi connectivity index (χ3v) is 4.08. The van der Waals surface area contributed by atoms with E-state index in [1.165, 1.54) is 19.3 Å². The normalized spacial score (nSPS) is 32.4. The SMILES string of the molecule is CC1Cc2c1cc1c3c2CC3C1. The van der Waals surface area contributed by atoms with E-state index in [2.05, 4.69) is 13.0 Å². The topological polar surface area (TPSA) is 0 Å². The first-order chi connectivity index (χ1) is 5.84. The molecule has 1 aromatic rings. The Kier molecular flexibility index (Phi) is 0.715. The molecule has 12 heavy (non-hydrogen) atoms. The number of fused-ring (bicyclic) bond motifs is 2. The molecular formula is C12H12. The maximum Gasteiger partial charge on any atom is -0.00751 e. The van der Waals surface area contributed by atoms with Gasteiger partial charge >= 0.3 is 0 Å². The van der Waals surface area contributed by atoms with Gasteiger partial charge in [0.2, 0.25) is 0 Å². The second kappa shape index (κ2) is 1.48. The summed E-state index contributed by atoms with van der Waals surface area (Å²) in [6, 6.07) is 2.48. The van der Waals surface area contributed by atoms with Crippen molar-refractivity contribution < 1.29 is 0 Å². The quantitative estimate of drug-likeness (QED) is 0.541.